The van der Waals surface area contributed by atoms with Crippen molar-refractivity contribution in [1.29, 1.82) is 0 Å². The van der Waals surface area contributed by atoms with Gasteiger partial charge in [0.05, 0.1) is 11.8 Å². The van der Waals surface area contributed by atoms with Gasteiger partial charge in [0.25, 0.3) is 0 Å². The van der Waals surface area contributed by atoms with Crippen LogP contribution in [0.15, 0.2) is 28.7 Å². The van der Waals surface area contributed by atoms with Crippen LogP contribution in [0.25, 0.3) is 5.69 Å². The van der Waals surface area contributed by atoms with Crippen molar-refractivity contribution in [2.75, 3.05) is 0 Å². The van der Waals surface area contributed by atoms with E-state index < -0.39 is 0 Å². The SMILES string of the molecule is Cc1cccc(-n2c(C)cc3c2CCCC3O)c1Br. The first kappa shape index (κ1) is 12.9. The first-order valence-corrected chi connectivity index (χ1v) is 7.53. The van der Waals surface area contributed by atoms with Crippen molar-refractivity contribution < 1.29 is 5.11 Å². The molecule has 1 N–H and O–H groups in total. The fourth-order valence-corrected chi connectivity index (χ4v) is 3.46. The molecule has 3 rings (SSSR count). The van der Waals surface area contributed by atoms with Crippen LogP contribution >= 0.6 is 15.9 Å². The Hall–Kier alpha value is -1.06. The van der Waals surface area contributed by atoms with Gasteiger partial charge in [0, 0.05) is 21.4 Å². The highest BCUT2D eigenvalue weighted by atomic mass is 79.9. The molecule has 100 valence electrons. The van der Waals surface area contributed by atoms with E-state index in [4.69, 9.17) is 0 Å². The van der Waals surface area contributed by atoms with Gasteiger partial charge in [-0.25, -0.2) is 0 Å². The smallest absolute Gasteiger partial charge is 0.0807 e. The van der Waals surface area contributed by atoms with Crippen LogP contribution in [0.2, 0.25) is 0 Å². The number of hydrogen-bond donors (Lipinski definition) is 1. The fourth-order valence-electron chi connectivity index (χ4n) is 3.02. The molecule has 3 heteroatoms. The lowest BCUT2D eigenvalue weighted by atomic mass is 9.95. The Morgan fingerprint density at radius 2 is 2.11 bits per heavy atom. The third-order valence-electron chi connectivity index (χ3n) is 3.98. The Balaban J connectivity index is 2.23. The van der Waals surface area contributed by atoms with Gasteiger partial charge in [0.15, 0.2) is 0 Å². The number of halogens is 1. The molecule has 1 aliphatic rings. The van der Waals surface area contributed by atoms with Gasteiger partial charge in [-0.2, -0.15) is 0 Å². The zero-order valence-electron chi connectivity index (χ0n) is 11.3. The summed E-state index contributed by atoms with van der Waals surface area (Å²) < 4.78 is 3.42. The zero-order valence-corrected chi connectivity index (χ0v) is 12.9. The van der Waals surface area contributed by atoms with E-state index >= 15 is 0 Å². The average Bonchev–Trinajstić information content (AvgIpc) is 2.71. The summed E-state index contributed by atoms with van der Waals surface area (Å²) >= 11 is 3.70. The van der Waals surface area contributed by atoms with E-state index in [1.807, 2.05) is 0 Å². The highest BCUT2D eigenvalue weighted by Crippen LogP contribution is 2.36. The van der Waals surface area contributed by atoms with Gasteiger partial charge < -0.3 is 9.67 Å². The molecule has 0 saturated carbocycles. The molecule has 1 atom stereocenters. The van der Waals surface area contributed by atoms with Crippen molar-refractivity contribution in [3.63, 3.8) is 0 Å². The molecule has 0 aliphatic heterocycles. The van der Waals surface area contributed by atoms with Gasteiger partial charge in [-0.3, -0.25) is 0 Å². The molecule has 0 bridgehead atoms. The number of aromatic nitrogens is 1. The molecule has 2 nitrogen and oxygen atoms in total. The lowest BCUT2D eigenvalue weighted by Gasteiger charge is -2.21. The minimum absolute atomic E-state index is 0.299. The highest BCUT2D eigenvalue weighted by Gasteiger charge is 2.24. The van der Waals surface area contributed by atoms with E-state index in [1.54, 1.807) is 0 Å². The van der Waals surface area contributed by atoms with E-state index in [0.717, 1.165) is 29.3 Å². The molecule has 2 aromatic rings. The molecule has 0 fully saturated rings. The van der Waals surface area contributed by atoms with E-state index in [1.165, 1.54) is 22.6 Å². The van der Waals surface area contributed by atoms with Crippen molar-refractivity contribution in [3.05, 3.63) is 51.3 Å². The van der Waals surface area contributed by atoms with Gasteiger partial charge in [-0.1, -0.05) is 12.1 Å². The van der Waals surface area contributed by atoms with Crippen LogP contribution in [0.1, 0.15) is 41.5 Å². The van der Waals surface area contributed by atoms with Gasteiger partial charge in [0.1, 0.15) is 0 Å². The van der Waals surface area contributed by atoms with Gasteiger partial charge >= 0.3 is 0 Å². The van der Waals surface area contributed by atoms with Crippen LogP contribution in [0, 0.1) is 13.8 Å². The number of aliphatic hydroxyl groups excluding tert-OH is 1. The summed E-state index contributed by atoms with van der Waals surface area (Å²) in [6.07, 6.45) is 2.68. The third-order valence-corrected chi connectivity index (χ3v) is 5.01. The molecule has 0 saturated heterocycles. The standard InChI is InChI=1S/C16H18BrNO/c1-10-5-3-7-14(16(10)17)18-11(2)9-12-13(18)6-4-8-15(12)19/h3,5,7,9,15,19H,4,6,8H2,1-2H3. The number of aliphatic hydroxyl groups is 1. The molecule has 0 radical (unpaired) electrons. The first-order valence-electron chi connectivity index (χ1n) is 6.74. The van der Waals surface area contributed by atoms with E-state index in [0.29, 0.717) is 0 Å². The quantitative estimate of drug-likeness (QED) is 0.836. The molecule has 1 unspecified atom stereocenters. The molecular formula is C16H18BrNO. The molecule has 1 aromatic heterocycles. The molecule has 0 spiro atoms. The third kappa shape index (κ3) is 2.05. The number of rotatable bonds is 1. The van der Waals surface area contributed by atoms with Crippen molar-refractivity contribution >= 4 is 15.9 Å². The Labute approximate surface area is 122 Å². The first-order chi connectivity index (χ1) is 9.09. The van der Waals surface area contributed by atoms with Crippen molar-refractivity contribution in [3.8, 4) is 5.69 Å². The van der Waals surface area contributed by atoms with Crippen LogP contribution in [-0.2, 0) is 6.42 Å². The van der Waals surface area contributed by atoms with Crippen LogP contribution in [0.4, 0.5) is 0 Å². The summed E-state index contributed by atoms with van der Waals surface area (Å²) in [4.78, 5) is 0. The number of benzene rings is 1. The van der Waals surface area contributed by atoms with Crippen molar-refractivity contribution in [2.24, 2.45) is 0 Å². The monoisotopic (exact) mass is 319 g/mol. The Morgan fingerprint density at radius 1 is 1.32 bits per heavy atom. The second-order valence-corrected chi connectivity index (χ2v) is 6.13. The summed E-state index contributed by atoms with van der Waals surface area (Å²) in [5.74, 6) is 0. The van der Waals surface area contributed by atoms with E-state index in [9.17, 15) is 5.11 Å². The van der Waals surface area contributed by atoms with E-state index in [2.05, 4.69) is 58.6 Å². The fraction of sp³-hybridized carbons (Fsp3) is 0.375. The molecule has 1 aromatic carbocycles. The van der Waals surface area contributed by atoms with Crippen molar-refractivity contribution in [2.45, 2.75) is 39.2 Å². The molecule has 1 aliphatic carbocycles. The maximum Gasteiger partial charge on any atom is 0.0807 e. The predicted octanol–water partition coefficient (Wildman–Crippen LogP) is 4.23. The minimum Gasteiger partial charge on any atom is -0.388 e. The molecular weight excluding hydrogens is 302 g/mol. The summed E-state index contributed by atoms with van der Waals surface area (Å²) in [5, 5.41) is 10.1. The molecule has 1 heterocycles. The summed E-state index contributed by atoms with van der Waals surface area (Å²) in [6, 6.07) is 8.45. The normalized spacial score (nSPS) is 18.4. The number of nitrogens with zero attached hydrogens (tertiary/aromatic N) is 1. The Bertz CT molecular complexity index is 630. The maximum absolute atomic E-state index is 10.1. The van der Waals surface area contributed by atoms with Crippen LogP contribution in [-0.4, -0.2) is 9.67 Å². The highest BCUT2D eigenvalue weighted by molar-refractivity contribution is 9.10. The minimum atomic E-state index is -0.299. The summed E-state index contributed by atoms with van der Waals surface area (Å²) in [7, 11) is 0. The second kappa shape index (κ2) is 4.80. The predicted molar refractivity (Wildman–Crippen MR) is 80.8 cm³/mol. The largest absolute Gasteiger partial charge is 0.388 e. The second-order valence-electron chi connectivity index (χ2n) is 5.34. The topological polar surface area (TPSA) is 25.2 Å². The Kier molecular flexibility index (Phi) is 3.27. The number of aryl methyl sites for hydroxylation is 2. The summed E-state index contributed by atoms with van der Waals surface area (Å²) in [5.41, 5.74) is 5.97. The average molecular weight is 320 g/mol. The number of fused-ring (bicyclic) bond motifs is 1. The van der Waals surface area contributed by atoms with Crippen molar-refractivity contribution in [1.82, 2.24) is 4.57 Å². The molecule has 19 heavy (non-hydrogen) atoms. The van der Waals surface area contributed by atoms with Gasteiger partial charge in [-0.05, 0) is 66.7 Å². The van der Waals surface area contributed by atoms with Gasteiger partial charge in [-0.15, -0.1) is 0 Å². The van der Waals surface area contributed by atoms with Gasteiger partial charge in [0.2, 0.25) is 0 Å². The van der Waals surface area contributed by atoms with E-state index in [-0.39, 0.29) is 6.10 Å². The summed E-state index contributed by atoms with van der Waals surface area (Å²) in [6.45, 7) is 4.22. The Morgan fingerprint density at radius 3 is 2.89 bits per heavy atom. The maximum atomic E-state index is 10.1. The lowest BCUT2D eigenvalue weighted by Crippen LogP contribution is -2.12. The van der Waals surface area contributed by atoms with Crippen LogP contribution in [0.5, 0.6) is 0 Å². The number of hydrogen-bond acceptors (Lipinski definition) is 1. The van der Waals surface area contributed by atoms with Crippen LogP contribution in [0.3, 0.4) is 0 Å². The molecule has 0 amide bonds. The lowest BCUT2D eigenvalue weighted by molar-refractivity contribution is 0.156. The van der Waals surface area contributed by atoms with Crippen LogP contribution < -0.4 is 0 Å². The zero-order chi connectivity index (χ0) is 13.6.